The Labute approximate surface area is 123 Å². The number of rotatable bonds is 3. The highest BCUT2D eigenvalue weighted by Gasteiger charge is 2.34. The zero-order valence-electron chi connectivity index (χ0n) is 12.0. The van der Waals surface area contributed by atoms with Gasteiger partial charge in [-0.05, 0) is 38.7 Å². The maximum Gasteiger partial charge on any atom is 0.273 e. The fourth-order valence-electron chi connectivity index (χ4n) is 3.51. The summed E-state index contributed by atoms with van der Waals surface area (Å²) in [6, 6.07) is 5.80. The molecule has 6 heteroatoms. The summed E-state index contributed by atoms with van der Waals surface area (Å²) in [7, 11) is 0. The van der Waals surface area contributed by atoms with E-state index < -0.39 is 4.92 Å². The third kappa shape index (κ3) is 2.76. The van der Waals surface area contributed by atoms with E-state index in [-0.39, 0.29) is 17.6 Å². The van der Waals surface area contributed by atoms with Crippen LogP contribution in [0.25, 0.3) is 0 Å². The molecule has 2 N–H and O–H groups in total. The first-order chi connectivity index (χ1) is 10.0. The molecular formula is C15H19N3O3. The summed E-state index contributed by atoms with van der Waals surface area (Å²) in [5, 5.41) is 17.5. The van der Waals surface area contributed by atoms with Crippen molar-refractivity contribution in [2.75, 3.05) is 0 Å². The van der Waals surface area contributed by atoms with E-state index in [0.29, 0.717) is 23.2 Å². The summed E-state index contributed by atoms with van der Waals surface area (Å²) in [5.74, 6) is -0.206. The first-order valence-electron chi connectivity index (χ1n) is 7.35. The number of fused-ring (bicyclic) bond motifs is 2. The highest BCUT2D eigenvalue weighted by Crippen LogP contribution is 2.27. The van der Waals surface area contributed by atoms with E-state index >= 15 is 0 Å². The van der Waals surface area contributed by atoms with Crippen molar-refractivity contribution in [3.63, 3.8) is 0 Å². The number of hydrogen-bond acceptors (Lipinski definition) is 4. The minimum absolute atomic E-state index is 0.00645. The minimum atomic E-state index is -0.448. The van der Waals surface area contributed by atoms with Gasteiger partial charge >= 0.3 is 0 Å². The molecule has 21 heavy (non-hydrogen) atoms. The lowest BCUT2D eigenvalue weighted by molar-refractivity contribution is -0.385. The largest absolute Gasteiger partial charge is 0.349 e. The zero-order valence-corrected chi connectivity index (χ0v) is 12.0. The molecule has 6 nitrogen and oxygen atoms in total. The fourth-order valence-corrected chi connectivity index (χ4v) is 3.51. The van der Waals surface area contributed by atoms with E-state index in [9.17, 15) is 14.9 Å². The Hall–Kier alpha value is -1.95. The highest BCUT2D eigenvalue weighted by atomic mass is 16.6. The maximum absolute atomic E-state index is 12.4. The van der Waals surface area contributed by atoms with E-state index in [1.54, 1.807) is 19.1 Å². The Morgan fingerprint density at radius 1 is 1.33 bits per heavy atom. The van der Waals surface area contributed by atoms with Crippen molar-refractivity contribution >= 4 is 11.6 Å². The smallest absolute Gasteiger partial charge is 0.273 e. The lowest BCUT2D eigenvalue weighted by atomic mass is 9.98. The first kappa shape index (κ1) is 14.0. The van der Waals surface area contributed by atoms with E-state index in [1.807, 2.05) is 0 Å². The molecule has 0 saturated carbocycles. The summed E-state index contributed by atoms with van der Waals surface area (Å²) in [5.41, 5.74) is 0.819. The van der Waals surface area contributed by atoms with Crippen molar-refractivity contribution in [1.29, 1.82) is 0 Å². The van der Waals surface area contributed by atoms with Gasteiger partial charge in [0.15, 0.2) is 0 Å². The van der Waals surface area contributed by atoms with Crippen LogP contribution in [0.1, 0.15) is 41.6 Å². The third-order valence-corrected chi connectivity index (χ3v) is 4.55. The van der Waals surface area contributed by atoms with Crippen molar-refractivity contribution in [3.05, 3.63) is 39.4 Å². The number of nitro benzene ring substituents is 1. The van der Waals surface area contributed by atoms with Crippen molar-refractivity contribution in [1.82, 2.24) is 10.6 Å². The standard InChI is InChI=1S/C15H19N3O3/c1-9-13(3-2-4-14(9)18(20)21)15(19)17-12-7-10-5-6-11(8-12)16-10/h2-4,10-12,16H,5-8H2,1H3,(H,17,19). The molecule has 112 valence electrons. The van der Waals surface area contributed by atoms with Crippen LogP contribution in [-0.2, 0) is 0 Å². The molecule has 3 rings (SSSR count). The van der Waals surface area contributed by atoms with Crippen LogP contribution >= 0.6 is 0 Å². The van der Waals surface area contributed by atoms with Gasteiger partial charge in [0, 0.05) is 35.3 Å². The molecule has 1 aromatic carbocycles. The highest BCUT2D eigenvalue weighted by molar-refractivity contribution is 5.96. The normalized spacial score (nSPS) is 27.4. The van der Waals surface area contributed by atoms with Crippen LogP contribution in [-0.4, -0.2) is 29.0 Å². The number of nitro groups is 1. The predicted octanol–water partition coefficient (Wildman–Crippen LogP) is 1.92. The van der Waals surface area contributed by atoms with Crippen LogP contribution in [0.15, 0.2) is 18.2 Å². The summed E-state index contributed by atoms with van der Waals surface area (Å²) < 4.78 is 0. The van der Waals surface area contributed by atoms with E-state index in [0.717, 1.165) is 12.8 Å². The zero-order chi connectivity index (χ0) is 15.0. The van der Waals surface area contributed by atoms with Gasteiger partial charge in [-0.3, -0.25) is 14.9 Å². The van der Waals surface area contributed by atoms with Gasteiger partial charge in [-0.15, -0.1) is 0 Å². The number of amides is 1. The number of benzene rings is 1. The Kier molecular flexibility index (Phi) is 3.63. The second-order valence-electron chi connectivity index (χ2n) is 5.99. The van der Waals surface area contributed by atoms with Crippen LogP contribution < -0.4 is 10.6 Å². The minimum Gasteiger partial charge on any atom is -0.349 e. The average Bonchev–Trinajstić information content (AvgIpc) is 2.77. The quantitative estimate of drug-likeness (QED) is 0.657. The van der Waals surface area contributed by atoms with E-state index in [2.05, 4.69) is 10.6 Å². The lowest BCUT2D eigenvalue weighted by Gasteiger charge is -2.29. The van der Waals surface area contributed by atoms with Crippen LogP contribution in [0.2, 0.25) is 0 Å². The van der Waals surface area contributed by atoms with Crippen molar-refractivity contribution < 1.29 is 9.72 Å². The molecule has 0 aromatic heterocycles. The molecule has 2 heterocycles. The summed E-state index contributed by atoms with van der Waals surface area (Å²) in [6.45, 7) is 1.62. The molecule has 2 aliphatic rings. The Bertz CT molecular complexity index is 576. The van der Waals surface area contributed by atoms with Gasteiger partial charge < -0.3 is 10.6 Å². The van der Waals surface area contributed by atoms with Crippen LogP contribution in [0.5, 0.6) is 0 Å². The van der Waals surface area contributed by atoms with Crippen molar-refractivity contribution in [2.45, 2.75) is 50.7 Å². The fraction of sp³-hybridized carbons (Fsp3) is 0.533. The van der Waals surface area contributed by atoms with Gasteiger partial charge in [0.1, 0.15) is 0 Å². The molecule has 2 bridgehead atoms. The summed E-state index contributed by atoms with van der Waals surface area (Å²) in [4.78, 5) is 22.9. The molecular weight excluding hydrogens is 270 g/mol. The average molecular weight is 289 g/mol. The van der Waals surface area contributed by atoms with Crippen molar-refractivity contribution in [2.24, 2.45) is 0 Å². The summed E-state index contributed by atoms with van der Waals surface area (Å²) >= 11 is 0. The molecule has 1 amide bonds. The monoisotopic (exact) mass is 289 g/mol. The third-order valence-electron chi connectivity index (χ3n) is 4.55. The lowest BCUT2D eigenvalue weighted by Crippen LogP contribution is -2.48. The molecule has 2 unspecified atom stereocenters. The number of carbonyl (C=O) groups excluding carboxylic acids is 1. The maximum atomic E-state index is 12.4. The number of hydrogen-bond donors (Lipinski definition) is 2. The molecule has 0 radical (unpaired) electrons. The molecule has 0 spiro atoms. The SMILES string of the molecule is Cc1c(C(=O)NC2CC3CCC(C2)N3)cccc1[N+](=O)[O-]. The number of carbonyl (C=O) groups is 1. The van der Waals surface area contributed by atoms with Crippen LogP contribution in [0.3, 0.4) is 0 Å². The number of nitrogens with one attached hydrogen (secondary N) is 2. The molecule has 2 atom stereocenters. The predicted molar refractivity (Wildman–Crippen MR) is 78.3 cm³/mol. The Morgan fingerprint density at radius 2 is 2.00 bits per heavy atom. The molecule has 2 saturated heterocycles. The van der Waals surface area contributed by atoms with Crippen LogP contribution in [0, 0.1) is 17.0 Å². The second-order valence-corrected chi connectivity index (χ2v) is 5.99. The van der Waals surface area contributed by atoms with Crippen molar-refractivity contribution in [3.8, 4) is 0 Å². The van der Waals surface area contributed by atoms with Gasteiger partial charge in [-0.1, -0.05) is 6.07 Å². The molecule has 1 aromatic rings. The van der Waals surface area contributed by atoms with E-state index in [4.69, 9.17) is 0 Å². The van der Waals surface area contributed by atoms with Gasteiger partial charge in [0.05, 0.1) is 4.92 Å². The second kappa shape index (κ2) is 5.44. The van der Waals surface area contributed by atoms with Gasteiger partial charge in [0.25, 0.3) is 11.6 Å². The molecule has 2 aliphatic heterocycles. The van der Waals surface area contributed by atoms with E-state index in [1.165, 1.54) is 18.9 Å². The van der Waals surface area contributed by atoms with Gasteiger partial charge in [0.2, 0.25) is 0 Å². The molecule has 0 aliphatic carbocycles. The topological polar surface area (TPSA) is 84.3 Å². The number of nitrogens with zero attached hydrogens (tertiary/aromatic N) is 1. The number of piperidine rings is 1. The van der Waals surface area contributed by atoms with Gasteiger partial charge in [-0.2, -0.15) is 0 Å². The first-order valence-corrected chi connectivity index (χ1v) is 7.35. The van der Waals surface area contributed by atoms with Crippen LogP contribution in [0.4, 0.5) is 5.69 Å². The summed E-state index contributed by atoms with van der Waals surface area (Å²) in [6.07, 6.45) is 4.23. The Morgan fingerprint density at radius 3 is 2.62 bits per heavy atom. The molecule has 2 fully saturated rings. The Balaban J connectivity index is 1.74. The van der Waals surface area contributed by atoms with Gasteiger partial charge in [-0.25, -0.2) is 0 Å².